The second-order valence-corrected chi connectivity index (χ2v) is 6.23. The van der Waals surface area contributed by atoms with Gasteiger partial charge in [0.15, 0.2) is 0 Å². The van der Waals surface area contributed by atoms with E-state index in [1.165, 1.54) is 31.5 Å². The van der Waals surface area contributed by atoms with Crippen molar-refractivity contribution in [3.63, 3.8) is 0 Å². The molecule has 2 rings (SSSR count). The quantitative estimate of drug-likeness (QED) is 0.819. The lowest BCUT2D eigenvalue weighted by Crippen LogP contribution is -2.34. The molecular formula is C16H24ClNO. The maximum atomic E-state index is 6.17. The SMILES string of the molecule is COc1ccc(CN2CCC(C(C)C)CC2)cc1Cl. The summed E-state index contributed by atoms with van der Waals surface area (Å²) < 4.78 is 5.18. The van der Waals surface area contributed by atoms with Crippen LogP contribution in [0, 0.1) is 11.8 Å². The Morgan fingerprint density at radius 1 is 1.32 bits per heavy atom. The smallest absolute Gasteiger partial charge is 0.137 e. The van der Waals surface area contributed by atoms with E-state index in [4.69, 9.17) is 16.3 Å². The summed E-state index contributed by atoms with van der Waals surface area (Å²) in [6, 6.07) is 6.09. The molecule has 0 unspecified atom stereocenters. The van der Waals surface area contributed by atoms with Crippen LogP contribution in [0.4, 0.5) is 0 Å². The van der Waals surface area contributed by atoms with Crippen LogP contribution >= 0.6 is 11.6 Å². The maximum Gasteiger partial charge on any atom is 0.137 e. The predicted octanol–water partition coefficient (Wildman–Crippen LogP) is 4.22. The fourth-order valence-electron chi connectivity index (χ4n) is 2.84. The van der Waals surface area contributed by atoms with E-state index in [9.17, 15) is 0 Å². The van der Waals surface area contributed by atoms with E-state index >= 15 is 0 Å². The minimum absolute atomic E-state index is 0.706. The first-order valence-corrected chi connectivity index (χ1v) is 7.52. The normalized spacial score (nSPS) is 17.9. The van der Waals surface area contributed by atoms with E-state index < -0.39 is 0 Å². The molecule has 3 heteroatoms. The fraction of sp³-hybridized carbons (Fsp3) is 0.625. The van der Waals surface area contributed by atoms with Gasteiger partial charge in [-0.3, -0.25) is 4.90 Å². The summed E-state index contributed by atoms with van der Waals surface area (Å²) in [6.45, 7) is 8.07. The number of piperidine rings is 1. The van der Waals surface area contributed by atoms with E-state index in [0.717, 1.165) is 24.1 Å². The van der Waals surface area contributed by atoms with Crippen molar-refractivity contribution < 1.29 is 4.74 Å². The third-order valence-corrected chi connectivity index (χ3v) is 4.49. The Bertz CT molecular complexity index is 411. The van der Waals surface area contributed by atoms with Crippen LogP contribution < -0.4 is 4.74 Å². The number of likely N-dealkylation sites (tertiary alicyclic amines) is 1. The molecule has 1 aliphatic rings. The first-order valence-electron chi connectivity index (χ1n) is 7.15. The standard InChI is InChI=1S/C16H24ClNO/c1-12(2)14-6-8-18(9-7-14)11-13-4-5-16(19-3)15(17)10-13/h4-5,10,12,14H,6-9,11H2,1-3H3. The number of nitrogens with zero attached hydrogens (tertiary/aromatic N) is 1. The molecule has 0 spiro atoms. The van der Waals surface area contributed by atoms with Crippen LogP contribution in [0.15, 0.2) is 18.2 Å². The maximum absolute atomic E-state index is 6.17. The summed E-state index contributed by atoms with van der Waals surface area (Å²) >= 11 is 6.17. The van der Waals surface area contributed by atoms with Gasteiger partial charge in [-0.2, -0.15) is 0 Å². The van der Waals surface area contributed by atoms with Gasteiger partial charge in [0.1, 0.15) is 5.75 Å². The second kappa shape index (κ2) is 6.62. The molecule has 0 bridgehead atoms. The van der Waals surface area contributed by atoms with E-state index in [2.05, 4.69) is 24.8 Å². The highest BCUT2D eigenvalue weighted by atomic mass is 35.5. The van der Waals surface area contributed by atoms with Crippen LogP contribution in [0.1, 0.15) is 32.3 Å². The molecule has 0 atom stereocenters. The molecule has 2 nitrogen and oxygen atoms in total. The van der Waals surface area contributed by atoms with Crippen LogP contribution in [-0.2, 0) is 6.54 Å². The molecule has 0 aliphatic carbocycles. The lowest BCUT2D eigenvalue weighted by atomic mass is 9.86. The predicted molar refractivity (Wildman–Crippen MR) is 80.8 cm³/mol. The summed E-state index contributed by atoms with van der Waals surface area (Å²) in [5, 5.41) is 0.706. The average molecular weight is 282 g/mol. The van der Waals surface area contributed by atoms with Crippen LogP contribution in [0.25, 0.3) is 0 Å². The van der Waals surface area contributed by atoms with E-state index in [1.54, 1.807) is 7.11 Å². The average Bonchev–Trinajstić information content (AvgIpc) is 2.39. The van der Waals surface area contributed by atoms with Crippen molar-refractivity contribution >= 4 is 11.6 Å². The Kier molecular flexibility index (Phi) is 5.12. The third kappa shape index (κ3) is 3.87. The first kappa shape index (κ1) is 14.7. The van der Waals surface area contributed by atoms with Crippen molar-refractivity contribution in [3.05, 3.63) is 28.8 Å². The van der Waals surface area contributed by atoms with Gasteiger partial charge >= 0.3 is 0 Å². The molecule has 19 heavy (non-hydrogen) atoms. The van der Waals surface area contributed by atoms with Crippen LogP contribution in [-0.4, -0.2) is 25.1 Å². The molecule has 0 aromatic heterocycles. The Hall–Kier alpha value is -0.730. The Balaban J connectivity index is 1.90. The first-order chi connectivity index (χ1) is 9.10. The lowest BCUT2D eigenvalue weighted by Gasteiger charge is -2.33. The molecule has 1 aromatic rings. The van der Waals surface area contributed by atoms with Crippen LogP contribution in [0.2, 0.25) is 5.02 Å². The van der Waals surface area contributed by atoms with Crippen molar-refractivity contribution in [1.82, 2.24) is 4.90 Å². The van der Waals surface area contributed by atoms with Gasteiger partial charge < -0.3 is 4.74 Å². The van der Waals surface area contributed by atoms with Crippen LogP contribution in [0.5, 0.6) is 5.75 Å². The summed E-state index contributed by atoms with van der Waals surface area (Å²) in [6.07, 6.45) is 2.64. The zero-order valence-corrected chi connectivity index (χ0v) is 12.9. The van der Waals surface area contributed by atoms with E-state index in [1.807, 2.05) is 12.1 Å². The molecule has 0 radical (unpaired) electrons. The van der Waals surface area contributed by atoms with E-state index in [0.29, 0.717) is 5.02 Å². The molecule has 0 saturated carbocycles. The van der Waals surface area contributed by atoms with Crippen molar-refractivity contribution in [2.24, 2.45) is 11.8 Å². The molecule has 1 aromatic carbocycles. The van der Waals surface area contributed by atoms with Crippen LogP contribution in [0.3, 0.4) is 0 Å². The molecule has 1 saturated heterocycles. The van der Waals surface area contributed by atoms with E-state index in [-0.39, 0.29) is 0 Å². The summed E-state index contributed by atoms with van der Waals surface area (Å²) in [7, 11) is 1.65. The fourth-order valence-corrected chi connectivity index (χ4v) is 3.12. The molecular weight excluding hydrogens is 258 g/mol. The number of hydrogen-bond donors (Lipinski definition) is 0. The van der Waals surface area contributed by atoms with Gasteiger partial charge in [0.05, 0.1) is 12.1 Å². The van der Waals surface area contributed by atoms with Gasteiger partial charge in [-0.25, -0.2) is 0 Å². The number of benzene rings is 1. The second-order valence-electron chi connectivity index (χ2n) is 5.83. The highest BCUT2D eigenvalue weighted by Gasteiger charge is 2.21. The monoisotopic (exact) mass is 281 g/mol. The van der Waals surface area contributed by atoms with Gasteiger partial charge in [0.25, 0.3) is 0 Å². The minimum atomic E-state index is 0.706. The van der Waals surface area contributed by atoms with Gasteiger partial charge in [-0.1, -0.05) is 31.5 Å². The number of ether oxygens (including phenoxy) is 1. The Labute approximate surface area is 121 Å². The highest BCUT2D eigenvalue weighted by molar-refractivity contribution is 6.32. The molecule has 1 fully saturated rings. The molecule has 0 N–H and O–H groups in total. The van der Waals surface area contributed by atoms with Gasteiger partial charge in [0, 0.05) is 6.54 Å². The number of halogens is 1. The summed E-state index contributed by atoms with van der Waals surface area (Å²) in [4.78, 5) is 2.52. The van der Waals surface area contributed by atoms with Crippen molar-refractivity contribution in [3.8, 4) is 5.75 Å². The Morgan fingerprint density at radius 2 is 2.00 bits per heavy atom. The molecule has 106 valence electrons. The van der Waals surface area contributed by atoms with Crippen molar-refractivity contribution in [1.29, 1.82) is 0 Å². The van der Waals surface area contributed by atoms with Crippen molar-refractivity contribution in [2.45, 2.75) is 33.2 Å². The summed E-state index contributed by atoms with van der Waals surface area (Å²) in [5.74, 6) is 2.47. The minimum Gasteiger partial charge on any atom is -0.495 e. The number of methoxy groups -OCH3 is 1. The number of hydrogen-bond acceptors (Lipinski definition) is 2. The van der Waals surface area contributed by atoms with Gasteiger partial charge in [-0.15, -0.1) is 0 Å². The largest absolute Gasteiger partial charge is 0.495 e. The zero-order chi connectivity index (χ0) is 13.8. The summed E-state index contributed by atoms with van der Waals surface area (Å²) in [5.41, 5.74) is 1.27. The molecule has 1 heterocycles. The topological polar surface area (TPSA) is 12.5 Å². The van der Waals surface area contributed by atoms with Gasteiger partial charge in [-0.05, 0) is 55.5 Å². The highest BCUT2D eigenvalue weighted by Crippen LogP contribution is 2.28. The third-order valence-electron chi connectivity index (χ3n) is 4.20. The zero-order valence-electron chi connectivity index (χ0n) is 12.2. The Morgan fingerprint density at radius 3 is 2.53 bits per heavy atom. The molecule has 0 amide bonds. The van der Waals surface area contributed by atoms with Gasteiger partial charge in [0.2, 0.25) is 0 Å². The lowest BCUT2D eigenvalue weighted by molar-refractivity contribution is 0.152. The number of rotatable bonds is 4. The van der Waals surface area contributed by atoms with Crippen molar-refractivity contribution in [2.75, 3.05) is 20.2 Å². The molecule has 1 aliphatic heterocycles.